The molecule has 244 valence electrons. The van der Waals surface area contributed by atoms with E-state index in [1.54, 1.807) is 7.11 Å². The van der Waals surface area contributed by atoms with Crippen molar-refractivity contribution in [3.05, 3.63) is 46.7 Å². The third-order valence-electron chi connectivity index (χ3n) is 10.1. The Morgan fingerprint density at radius 3 is 2.28 bits per heavy atom. The predicted molar refractivity (Wildman–Crippen MR) is 172 cm³/mol. The number of ether oxygens (including phenoxy) is 1. The molecule has 7 nitrogen and oxygen atoms in total. The number of benzene rings is 1. The highest BCUT2D eigenvalue weighted by atomic mass is 35.5. The average molecular weight is 668 g/mol. The third kappa shape index (κ3) is 7.27. The van der Waals surface area contributed by atoms with Gasteiger partial charge in [-0.2, -0.15) is 0 Å². The molecule has 1 aromatic carbocycles. The number of methoxy groups -OCH3 is 1. The van der Waals surface area contributed by atoms with Crippen LogP contribution in [-0.4, -0.2) is 76.5 Å². The highest BCUT2D eigenvalue weighted by Gasteiger charge is 2.47. The van der Waals surface area contributed by atoms with E-state index in [2.05, 4.69) is 16.5 Å². The lowest BCUT2D eigenvalue weighted by atomic mass is 9.75. The molecular formula is C31H47Cl3F2N4O3. The van der Waals surface area contributed by atoms with Gasteiger partial charge in [0, 0.05) is 36.2 Å². The van der Waals surface area contributed by atoms with E-state index in [0.717, 1.165) is 70.2 Å². The van der Waals surface area contributed by atoms with Crippen LogP contribution in [0.4, 0.5) is 8.78 Å². The minimum Gasteiger partial charge on any atom is -0.480 e. The lowest BCUT2D eigenvalue weighted by molar-refractivity contribution is -0.145. The number of nitrogens with zero attached hydrogens (tertiary/aromatic N) is 4. The number of piperidine rings is 1. The Labute approximate surface area is 272 Å². The smallest absolute Gasteiger partial charge is 0.321 e. The van der Waals surface area contributed by atoms with Crippen LogP contribution in [-0.2, 0) is 23.2 Å². The number of carbonyl (C=O) groups is 1. The molecule has 1 saturated carbocycles. The van der Waals surface area contributed by atoms with Crippen LogP contribution in [0.15, 0.2) is 18.2 Å². The van der Waals surface area contributed by atoms with Crippen molar-refractivity contribution in [1.82, 2.24) is 19.6 Å². The zero-order chi connectivity index (χ0) is 28.8. The summed E-state index contributed by atoms with van der Waals surface area (Å²) in [5, 5.41) is 14.6. The van der Waals surface area contributed by atoms with E-state index in [9.17, 15) is 18.7 Å². The molecule has 0 amide bonds. The van der Waals surface area contributed by atoms with E-state index in [4.69, 9.17) is 9.84 Å². The van der Waals surface area contributed by atoms with Gasteiger partial charge in [-0.05, 0) is 101 Å². The van der Waals surface area contributed by atoms with Crippen molar-refractivity contribution in [2.75, 3.05) is 33.8 Å². The van der Waals surface area contributed by atoms with Crippen LogP contribution < -0.4 is 4.74 Å². The number of likely N-dealkylation sites (N-methyl/N-ethyl adjacent to an activating group) is 1. The van der Waals surface area contributed by atoms with Crippen molar-refractivity contribution in [2.45, 2.75) is 89.3 Å². The van der Waals surface area contributed by atoms with Crippen LogP contribution in [0.2, 0.25) is 0 Å². The Hall–Kier alpha value is -1.65. The van der Waals surface area contributed by atoms with E-state index in [0.29, 0.717) is 12.0 Å². The summed E-state index contributed by atoms with van der Waals surface area (Å²) in [7, 11) is 3.59. The maximum absolute atomic E-state index is 14.3. The Morgan fingerprint density at radius 1 is 1.12 bits per heavy atom. The zero-order valence-corrected chi connectivity index (χ0v) is 28.2. The monoisotopic (exact) mass is 666 g/mol. The maximum atomic E-state index is 14.3. The first-order valence-electron chi connectivity index (χ1n) is 14.8. The van der Waals surface area contributed by atoms with Crippen molar-refractivity contribution in [3.63, 3.8) is 0 Å². The van der Waals surface area contributed by atoms with Crippen LogP contribution in [0.1, 0.15) is 75.6 Å². The summed E-state index contributed by atoms with van der Waals surface area (Å²) in [6.45, 7) is 9.58. The molecule has 1 spiro atoms. The van der Waals surface area contributed by atoms with E-state index in [-0.39, 0.29) is 66.4 Å². The number of aliphatic carboxylic acids is 1. The van der Waals surface area contributed by atoms with Gasteiger partial charge >= 0.3 is 5.97 Å². The summed E-state index contributed by atoms with van der Waals surface area (Å²) in [5.74, 6) is -1.06. The minimum atomic E-state index is -0.825. The highest BCUT2D eigenvalue weighted by molar-refractivity contribution is 5.86. The molecule has 1 N–H and O–H groups in total. The largest absolute Gasteiger partial charge is 0.480 e. The van der Waals surface area contributed by atoms with Gasteiger partial charge in [0.1, 0.15) is 17.7 Å². The van der Waals surface area contributed by atoms with Crippen LogP contribution in [0, 0.1) is 23.5 Å². The second-order valence-corrected chi connectivity index (χ2v) is 12.6. The summed E-state index contributed by atoms with van der Waals surface area (Å²) in [6.07, 6.45) is 5.73. The van der Waals surface area contributed by atoms with Crippen LogP contribution in [0.5, 0.6) is 5.88 Å². The van der Waals surface area contributed by atoms with Crippen molar-refractivity contribution in [2.24, 2.45) is 11.8 Å². The number of hydrogen-bond acceptors (Lipinski definition) is 5. The van der Waals surface area contributed by atoms with Crippen molar-refractivity contribution in [3.8, 4) is 5.88 Å². The maximum Gasteiger partial charge on any atom is 0.321 e. The molecule has 12 heteroatoms. The number of aryl methyl sites for hydroxylation is 1. The normalized spacial score (nSPS) is 23.4. The molecule has 2 unspecified atom stereocenters. The van der Waals surface area contributed by atoms with Gasteiger partial charge in [0.05, 0.1) is 12.8 Å². The summed E-state index contributed by atoms with van der Waals surface area (Å²) in [6, 6.07) is 3.28. The third-order valence-corrected chi connectivity index (χ3v) is 10.1. The predicted octanol–water partition coefficient (Wildman–Crippen LogP) is 6.34. The van der Waals surface area contributed by atoms with Gasteiger partial charge in [0.25, 0.3) is 0 Å². The fourth-order valence-electron chi connectivity index (χ4n) is 8.14. The Balaban J connectivity index is 0.00000215. The number of carboxylic acid groups (broad SMARTS) is 1. The first-order valence-corrected chi connectivity index (χ1v) is 14.8. The summed E-state index contributed by atoms with van der Waals surface area (Å²) < 4.78 is 36.3. The van der Waals surface area contributed by atoms with Gasteiger partial charge in [0.15, 0.2) is 0 Å². The van der Waals surface area contributed by atoms with Crippen LogP contribution >= 0.6 is 37.2 Å². The Kier molecular flexibility index (Phi) is 13.2. The number of aromatic nitrogens is 2. The first-order chi connectivity index (χ1) is 19.1. The lowest BCUT2D eigenvalue weighted by Crippen LogP contribution is -2.47. The van der Waals surface area contributed by atoms with Crippen LogP contribution in [0.25, 0.3) is 0 Å². The molecule has 1 saturated heterocycles. The Morgan fingerprint density at radius 2 is 1.74 bits per heavy atom. The summed E-state index contributed by atoms with van der Waals surface area (Å²) in [4.78, 5) is 16.6. The van der Waals surface area contributed by atoms with E-state index >= 15 is 0 Å². The molecule has 1 aliphatic heterocycles. The standard InChI is InChI=1S/C31H44F2N4O3.3ClH/c1-6-37-28-25(29(34-37)40-5)7-8-31(28)9-11-36(12-10-31)18-21-15-24(35(4)27(19(2)3)30(38)39)17-26(21)20-13-22(32)16-23(33)14-20;;;/h13-14,16,19,21,24,26-27H,6-12,15,17-18H2,1-5H3,(H,38,39);3*1H/t21?,24?,26-,27-;;;/m1.../s1. The number of carboxylic acids is 1. The van der Waals surface area contributed by atoms with Gasteiger partial charge in [-0.25, -0.2) is 8.78 Å². The van der Waals surface area contributed by atoms with E-state index in [1.807, 2.05) is 25.8 Å². The number of hydrogen-bond donors (Lipinski definition) is 1. The van der Waals surface area contributed by atoms with E-state index < -0.39 is 23.6 Å². The van der Waals surface area contributed by atoms with Crippen molar-refractivity contribution < 1.29 is 23.4 Å². The molecule has 2 fully saturated rings. The number of rotatable bonds is 9. The van der Waals surface area contributed by atoms with Gasteiger partial charge in [-0.3, -0.25) is 14.4 Å². The SMILES string of the molecule is CCn1nc(OC)c2c1C1(CC2)CCN(CC2CC(N(C)[C@@H](C(=O)O)C(C)C)C[C@@H]2c2cc(F)cc(F)c2)CC1.Cl.Cl.Cl. The topological polar surface area (TPSA) is 70.8 Å². The summed E-state index contributed by atoms with van der Waals surface area (Å²) in [5.41, 5.74) is 3.44. The second kappa shape index (κ2) is 15.1. The quantitative estimate of drug-likeness (QED) is 0.337. The number of fused-ring (bicyclic) bond motifs is 2. The fourth-order valence-corrected chi connectivity index (χ4v) is 8.14. The Bertz CT molecular complexity index is 1220. The first kappa shape index (κ1) is 37.5. The average Bonchev–Trinajstić information content (AvgIpc) is 3.58. The van der Waals surface area contributed by atoms with Crippen molar-refractivity contribution >= 4 is 43.2 Å². The number of halogens is 5. The molecule has 1 aromatic heterocycles. The molecule has 2 aromatic rings. The van der Waals surface area contributed by atoms with Gasteiger partial charge in [0.2, 0.25) is 5.88 Å². The molecular weight excluding hydrogens is 621 g/mol. The van der Waals surface area contributed by atoms with Gasteiger partial charge < -0.3 is 14.7 Å². The minimum absolute atomic E-state index is 0. The van der Waals surface area contributed by atoms with E-state index in [1.165, 1.54) is 23.4 Å². The molecule has 2 heterocycles. The molecule has 2 aliphatic carbocycles. The fraction of sp³-hybridized carbons (Fsp3) is 0.677. The molecule has 4 atom stereocenters. The molecule has 43 heavy (non-hydrogen) atoms. The molecule has 0 radical (unpaired) electrons. The van der Waals surface area contributed by atoms with Crippen LogP contribution in [0.3, 0.4) is 0 Å². The second-order valence-electron chi connectivity index (χ2n) is 12.6. The van der Waals surface area contributed by atoms with Gasteiger partial charge in [-0.15, -0.1) is 42.3 Å². The lowest BCUT2D eigenvalue weighted by Gasteiger charge is -2.41. The summed E-state index contributed by atoms with van der Waals surface area (Å²) >= 11 is 0. The highest BCUT2D eigenvalue weighted by Crippen LogP contribution is 2.50. The molecule has 5 rings (SSSR count). The van der Waals surface area contributed by atoms with Crippen molar-refractivity contribution in [1.29, 1.82) is 0 Å². The molecule has 3 aliphatic rings. The zero-order valence-electron chi connectivity index (χ0n) is 25.7. The number of likely N-dealkylation sites (tertiary alicyclic amines) is 1. The van der Waals surface area contributed by atoms with Gasteiger partial charge in [-0.1, -0.05) is 13.8 Å². The molecule has 0 bridgehead atoms.